The van der Waals surface area contributed by atoms with Crippen molar-refractivity contribution in [1.82, 2.24) is 5.32 Å². The first-order valence-electron chi connectivity index (χ1n) is 6.15. The van der Waals surface area contributed by atoms with Crippen LogP contribution in [0, 0.1) is 0 Å². The topological polar surface area (TPSA) is 67.4 Å². The summed E-state index contributed by atoms with van der Waals surface area (Å²) in [6.07, 6.45) is -5.85. The second-order valence-electron chi connectivity index (χ2n) is 4.33. The van der Waals surface area contributed by atoms with E-state index in [-0.39, 0.29) is 16.3 Å². The molecular formula is C13H14ClF3N2O3. The van der Waals surface area contributed by atoms with Crippen LogP contribution in [0.2, 0.25) is 5.02 Å². The molecule has 0 saturated heterocycles. The SMILES string of the molecule is CNC(=O)c1ccc(Cl)c(NC(=O)C(C)OCC(F)(F)F)c1. The van der Waals surface area contributed by atoms with Crippen molar-refractivity contribution in [2.45, 2.75) is 19.2 Å². The Kier molecular flexibility index (Phi) is 6.19. The van der Waals surface area contributed by atoms with Gasteiger partial charge in [0, 0.05) is 12.6 Å². The molecule has 0 aliphatic carbocycles. The quantitative estimate of drug-likeness (QED) is 0.867. The highest BCUT2D eigenvalue weighted by Crippen LogP contribution is 2.23. The maximum atomic E-state index is 12.0. The maximum Gasteiger partial charge on any atom is 0.411 e. The van der Waals surface area contributed by atoms with Gasteiger partial charge in [-0.2, -0.15) is 13.2 Å². The summed E-state index contributed by atoms with van der Waals surface area (Å²) >= 11 is 5.88. The fourth-order valence-electron chi connectivity index (χ4n) is 1.44. The van der Waals surface area contributed by atoms with Crippen molar-refractivity contribution in [1.29, 1.82) is 0 Å². The number of alkyl halides is 3. The number of anilines is 1. The minimum atomic E-state index is -4.52. The van der Waals surface area contributed by atoms with Gasteiger partial charge in [-0.25, -0.2) is 0 Å². The Bertz CT molecular complexity index is 564. The maximum absolute atomic E-state index is 12.0. The standard InChI is InChI=1S/C13H14ClF3N2O3/c1-7(22-6-13(15,16)17)11(20)19-10-5-8(12(21)18-2)3-4-9(10)14/h3-5,7H,6H2,1-2H3,(H,18,21)(H,19,20). The largest absolute Gasteiger partial charge is 0.411 e. The molecule has 0 aliphatic heterocycles. The zero-order valence-corrected chi connectivity index (χ0v) is 12.5. The molecule has 0 aromatic heterocycles. The number of carbonyl (C=O) groups is 2. The van der Waals surface area contributed by atoms with Gasteiger partial charge in [0.1, 0.15) is 12.7 Å². The monoisotopic (exact) mass is 338 g/mol. The summed E-state index contributed by atoms with van der Waals surface area (Å²) in [5.41, 5.74) is 0.348. The smallest absolute Gasteiger partial charge is 0.359 e. The first-order chi connectivity index (χ1) is 10.1. The lowest BCUT2D eigenvalue weighted by molar-refractivity contribution is -0.184. The molecule has 1 aromatic carbocycles. The highest BCUT2D eigenvalue weighted by Gasteiger charge is 2.30. The summed E-state index contributed by atoms with van der Waals surface area (Å²) in [4.78, 5) is 23.3. The van der Waals surface area contributed by atoms with E-state index in [2.05, 4.69) is 15.4 Å². The summed E-state index contributed by atoms with van der Waals surface area (Å²) in [5.74, 6) is -1.20. The fourth-order valence-corrected chi connectivity index (χ4v) is 1.60. The third-order valence-corrected chi connectivity index (χ3v) is 2.91. The molecule has 0 bridgehead atoms. The average molecular weight is 339 g/mol. The molecule has 122 valence electrons. The number of rotatable bonds is 5. The number of ether oxygens (including phenoxy) is 1. The molecule has 1 rings (SSSR count). The Morgan fingerprint density at radius 2 is 2.00 bits per heavy atom. The minimum absolute atomic E-state index is 0.107. The van der Waals surface area contributed by atoms with Crippen molar-refractivity contribution < 1.29 is 27.5 Å². The van der Waals surface area contributed by atoms with Crippen LogP contribution in [-0.4, -0.2) is 37.7 Å². The molecule has 0 radical (unpaired) electrons. The highest BCUT2D eigenvalue weighted by atomic mass is 35.5. The Balaban J connectivity index is 2.77. The van der Waals surface area contributed by atoms with Crippen LogP contribution in [0.5, 0.6) is 0 Å². The number of carbonyl (C=O) groups excluding carboxylic acids is 2. The lowest BCUT2D eigenvalue weighted by Gasteiger charge is -2.15. The summed E-state index contributed by atoms with van der Waals surface area (Å²) < 4.78 is 40.5. The Hall–Kier alpha value is -1.80. The van der Waals surface area contributed by atoms with E-state index in [1.165, 1.54) is 32.2 Å². The van der Waals surface area contributed by atoms with Crippen LogP contribution in [0.4, 0.5) is 18.9 Å². The van der Waals surface area contributed by atoms with E-state index in [1.54, 1.807) is 0 Å². The number of hydrogen-bond acceptors (Lipinski definition) is 3. The number of nitrogens with one attached hydrogen (secondary N) is 2. The van der Waals surface area contributed by atoms with Crippen molar-refractivity contribution in [2.75, 3.05) is 19.0 Å². The van der Waals surface area contributed by atoms with E-state index in [0.29, 0.717) is 0 Å². The summed E-state index contributed by atoms with van der Waals surface area (Å²) in [5, 5.41) is 4.86. The molecule has 1 unspecified atom stereocenters. The molecule has 0 spiro atoms. The van der Waals surface area contributed by atoms with E-state index < -0.39 is 30.7 Å². The molecule has 2 N–H and O–H groups in total. The number of hydrogen-bond donors (Lipinski definition) is 2. The van der Waals surface area contributed by atoms with Gasteiger partial charge in [0.2, 0.25) is 0 Å². The molecule has 2 amide bonds. The van der Waals surface area contributed by atoms with Crippen molar-refractivity contribution in [2.24, 2.45) is 0 Å². The van der Waals surface area contributed by atoms with Crippen LogP contribution in [0.1, 0.15) is 17.3 Å². The van der Waals surface area contributed by atoms with E-state index in [9.17, 15) is 22.8 Å². The summed E-state index contributed by atoms with van der Waals surface area (Å²) in [6.45, 7) is -0.356. The van der Waals surface area contributed by atoms with Gasteiger partial charge in [-0.1, -0.05) is 11.6 Å². The van der Waals surface area contributed by atoms with Gasteiger partial charge >= 0.3 is 6.18 Å². The molecule has 0 aliphatic rings. The number of halogens is 4. The lowest BCUT2D eigenvalue weighted by Crippen LogP contribution is -2.31. The zero-order chi connectivity index (χ0) is 16.9. The van der Waals surface area contributed by atoms with Crippen LogP contribution in [-0.2, 0) is 9.53 Å². The summed E-state index contributed by atoms with van der Waals surface area (Å²) in [7, 11) is 1.43. The molecule has 0 fully saturated rings. The summed E-state index contributed by atoms with van der Waals surface area (Å²) in [6, 6.07) is 4.15. The van der Waals surface area contributed by atoms with Gasteiger partial charge in [-0.3, -0.25) is 9.59 Å². The second kappa shape index (κ2) is 7.46. The molecular weight excluding hydrogens is 325 g/mol. The van der Waals surface area contributed by atoms with Crippen LogP contribution < -0.4 is 10.6 Å². The van der Waals surface area contributed by atoms with Gasteiger partial charge in [0.05, 0.1) is 10.7 Å². The fraction of sp³-hybridized carbons (Fsp3) is 0.385. The van der Waals surface area contributed by atoms with E-state index in [4.69, 9.17) is 11.6 Å². The Morgan fingerprint density at radius 1 is 1.36 bits per heavy atom. The van der Waals surface area contributed by atoms with Crippen molar-refractivity contribution in [3.05, 3.63) is 28.8 Å². The first-order valence-corrected chi connectivity index (χ1v) is 6.52. The van der Waals surface area contributed by atoms with Crippen molar-refractivity contribution in [3.8, 4) is 0 Å². The van der Waals surface area contributed by atoms with Gasteiger partial charge in [0.25, 0.3) is 11.8 Å². The molecule has 22 heavy (non-hydrogen) atoms. The van der Waals surface area contributed by atoms with Crippen LogP contribution in [0.15, 0.2) is 18.2 Å². The molecule has 9 heteroatoms. The Labute approximate surface area is 129 Å². The van der Waals surface area contributed by atoms with Gasteiger partial charge < -0.3 is 15.4 Å². The third kappa shape index (κ3) is 5.53. The van der Waals surface area contributed by atoms with Gasteiger partial charge in [0.15, 0.2) is 0 Å². The van der Waals surface area contributed by atoms with Crippen LogP contribution in [0.3, 0.4) is 0 Å². The highest BCUT2D eigenvalue weighted by molar-refractivity contribution is 6.34. The number of benzene rings is 1. The van der Waals surface area contributed by atoms with E-state index in [0.717, 1.165) is 0 Å². The first kappa shape index (κ1) is 18.2. The molecule has 0 heterocycles. The van der Waals surface area contributed by atoms with Gasteiger partial charge in [-0.15, -0.1) is 0 Å². The van der Waals surface area contributed by atoms with Crippen LogP contribution in [0.25, 0.3) is 0 Å². The number of amides is 2. The Morgan fingerprint density at radius 3 is 2.55 bits per heavy atom. The van der Waals surface area contributed by atoms with E-state index >= 15 is 0 Å². The predicted molar refractivity (Wildman–Crippen MR) is 74.9 cm³/mol. The normalized spacial score (nSPS) is 12.6. The van der Waals surface area contributed by atoms with Gasteiger partial charge in [-0.05, 0) is 25.1 Å². The van der Waals surface area contributed by atoms with Crippen molar-refractivity contribution >= 4 is 29.1 Å². The third-order valence-electron chi connectivity index (χ3n) is 2.58. The molecule has 1 atom stereocenters. The average Bonchev–Trinajstić information content (AvgIpc) is 2.45. The van der Waals surface area contributed by atoms with Crippen molar-refractivity contribution in [3.63, 3.8) is 0 Å². The second-order valence-corrected chi connectivity index (χ2v) is 4.74. The predicted octanol–water partition coefficient (Wildman–Crippen LogP) is 2.61. The minimum Gasteiger partial charge on any atom is -0.359 e. The zero-order valence-electron chi connectivity index (χ0n) is 11.8. The van der Waals surface area contributed by atoms with E-state index in [1.807, 2.05) is 0 Å². The lowest BCUT2D eigenvalue weighted by atomic mass is 10.2. The molecule has 0 saturated carbocycles. The van der Waals surface area contributed by atoms with Crippen LogP contribution >= 0.6 is 11.6 Å². The molecule has 5 nitrogen and oxygen atoms in total. The molecule has 1 aromatic rings.